The Morgan fingerprint density at radius 3 is 2.43 bits per heavy atom. The predicted molar refractivity (Wildman–Crippen MR) is 85.6 cm³/mol. The van der Waals surface area contributed by atoms with Gasteiger partial charge >= 0.3 is 0 Å². The van der Waals surface area contributed by atoms with Gasteiger partial charge in [0.05, 0.1) is 5.41 Å². The number of carbonyl (C=O) groups excluding carboxylic acids is 1. The van der Waals surface area contributed by atoms with Gasteiger partial charge in [-0.2, -0.15) is 0 Å². The van der Waals surface area contributed by atoms with Crippen LogP contribution in [0.25, 0.3) is 0 Å². The van der Waals surface area contributed by atoms with Crippen molar-refractivity contribution in [1.82, 2.24) is 10.2 Å². The molecule has 2 aliphatic heterocycles. The Kier molecular flexibility index (Phi) is 3.98. The lowest BCUT2D eigenvalue weighted by molar-refractivity contribution is -0.139. The molecular weight excluding hydrogens is 284 g/mol. The molecule has 0 aromatic heterocycles. The molecule has 4 heteroatoms. The number of piperidine rings is 1. The summed E-state index contributed by atoms with van der Waals surface area (Å²) in [6.07, 6.45) is 1.87. The van der Waals surface area contributed by atoms with E-state index in [1.54, 1.807) is 0 Å². The van der Waals surface area contributed by atoms with Crippen molar-refractivity contribution < 1.29 is 4.79 Å². The number of hydrogen-bond acceptors (Lipinski definition) is 2. The summed E-state index contributed by atoms with van der Waals surface area (Å²) in [6.45, 7) is 6.91. The Hall–Kier alpha value is -1.06. The third kappa shape index (κ3) is 2.47. The summed E-state index contributed by atoms with van der Waals surface area (Å²) in [5, 5.41) is 4.14. The maximum absolute atomic E-state index is 13.0. The van der Waals surface area contributed by atoms with E-state index in [0.717, 1.165) is 37.5 Å². The molecule has 1 atom stereocenters. The number of nitrogens with zero attached hydrogens (tertiary/aromatic N) is 1. The minimum Gasteiger partial charge on any atom is -0.339 e. The maximum Gasteiger partial charge on any atom is 0.229 e. The van der Waals surface area contributed by atoms with E-state index in [1.165, 1.54) is 5.56 Å². The zero-order valence-corrected chi connectivity index (χ0v) is 13.5. The van der Waals surface area contributed by atoms with Crippen molar-refractivity contribution in [3.63, 3.8) is 0 Å². The van der Waals surface area contributed by atoms with Gasteiger partial charge in [-0.1, -0.05) is 23.7 Å². The van der Waals surface area contributed by atoms with Gasteiger partial charge in [-0.15, -0.1) is 0 Å². The van der Waals surface area contributed by atoms with Crippen molar-refractivity contribution in [2.45, 2.75) is 38.6 Å². The van der Waals surface area contributed by atoms with Crippen LogP contribution >= 0.6 is 11.6 Å². The first-order valence-electron chi connectivity index (χ1n) is 7.82. The molecule has 0 bridgehead atoms. The largest absolute Gasteiger partial charge is 0.339 e. The van der Waals surface area contributed by atoms with Crippen molar-refractivity contribution >= 4 is 17.5 Å². The molecule has 1 spiro atoms. The fraction of sp³-hybridized carbons (Fsp3) is 0.588. The van der Waals surface area contributed by atoms with E-state index in [0.29, 0.717) is 5.91 Å². The number of likely N-dealkylation sites (tertiary alicyclic amines) is 1. The Labute approximate surface area is 131 Å². The van der Waals surface area contributed by atoms with Gasteiger partial charge in [0.25, 0.3) is 0 Å². The van der Waals surface area contributed by atoms with E-state index >= 15 is 0 Å². The van der Waals surface area contributed by atoms with Gasteiger partial charge in [0.2, 0.25) is 5.91 Å². The molecule has 3 nitrogen and oxygen atoms in total. The Balaban J connectivity index is 1.99. The van der Waals surface area contributed by atoms with Crippen molar-refractivity contribution in [2.24, 2.45) is 5.41 Å². The molecule has 1 unspecified atom stereocenters. The average Bonchev–Trinajstić information content (AvgIpc) is 2.75. The van der Waals surface area contributed by atoms with E-state index in [4.69, 9.17) is 11.6 Å². The fourth-order valence-electron chi connectivity index (χ4n) is 3.89. The first-order chi connectivity index (χ1) is 10.0. The smallest absolute Gasteiger partial charge is 0.229 e. The third-order valence-electron chi connectivity index (χ3n) is 5.12. The van der Waals surface area contributed by atoms with Gasteiger partial charge in [0.15, 0.2) is 0 Å². The molecule has 2 aliphatic rings. The van der Waals surface area contributed by atoms with Gasteiger partial charge in [0, 0.05) is 23.5 Å². The number of hydrogen-bond donors (Lipinski definition) is 1. The molecule has 0 radical (unpaired) electrons. The Morgan fingerprint density at radius 1 is 1.24 bits per heavy atom. The third-order valence-corrected chi connectivity index (χ3v) is 5.38. The molecular formula is C17H23ClN2O. The Bertz CT molecular complexity index is 520. The number of amides is 1. The van der Waals surface area contributed by atoms with Crippen LogP contribution in [0.5, 0.6) is 0 Å². The zero-order valence-electron chi connectivity index (χ0n) is 12.7. The maximum atomic E-state index is 13.0. The number of rotatable bonds is 2. The molecule has 1 N–H and O–H groups in total. The topological polar surface area (TPSA) is 32.3 Å². The van der Waals surface area contributed by atoms with Crippen LogP contribution in [0.4, 0.5) is 0 Å². The Morgan fingerprint density at radius 2 is 1.86 bits per heavy atom. The van der Waals surface area contributed by atoms with Crippen LogP contribution in [-0.4, -0.2) is 36.5 Å². The molecule has 3 rings (SSSR count). The van der Waals surface area contributed by atoms with Crippen LogP contribution in [0.15, 0.2) is 24.3 Å². The second-order valence-electron chi connectivity index (χ2n) is 6.56. The summed E-state index contributed by atoms with van der Waals surface area (Å²) in [5.74, 6) is 0.630. The first-order valence-corrected chi connectivity index (χ1v) is 8.19. The molecule has 0 saturated carbocycles. The van der Waals surface area contributed by atoms with Gasteiger partial charge < -0.3 is 10.2 Å². The lowest BCUT2D eigenvalue weighted by Gasteiger charge is -2.37. The first kappa shape index (κ1) is 14.9. The minimum absolute atomic E-state index is 0.219. The number of halogens is 1. The lowest BCUT2D eigenvalue weighted by atomic mass is 9.68. The number of nitrogens with one attached hydrogen (secondary N) is 1. The van der Waals surface area contributed by atoms with Crippen molar-refractivity contribution in [3.8, 4) is 0 Å². The average molecular weight is 307 g/mol. The van der Waals surface area contributed by atoms with Crippen LogP contribution in [-0.2, 0) is 4.79 Å². The van der Waals surface area contributed by atoms with E-state index in [9.17, 15) is 4.79 Å². The van der Waals surface area contributed by atoms with Crippen molar-refractivity contribution in [3.05, 3.63) is 34.9 Å². The summed E-state index contributed by atoms with van der Waals surface area (Å²) in [7, 11) is 0. The molecule has 21 heavy (non-hydrogen) atoms. The van der Waals surface area contributed by atoms with Gasteiger partial charge in [0.1, 0.15) is 0 Å². The molecule has 2 heterocycles. The van der Waals surface area contributed by atoms with Crippen molar-refractivity contribution in [2.75, 3.05) is 19.6 Å². The summed E-state index contributed by atoms with van der Waals surface area (Å²) in [4.78, 5) is 15.1. The van der Waals surface area contributed by atoms with Crippen LogP contribution in [0.3, 0.4) is 0 Å². The molecule has 2 saturated heterocycles. The standard InChI is InChI=1S/C17H23ClN2O/c1-12(2)20-11-15(13-3-5-14(18)6-4-13)17(16(20)21)7-9-19-10-8-17/h3-6,12,15,19H,7-11H2,1-2H3. The fourth-order valence-corrected chi connectivity index (χ4v) is 4.02. The molecule has 1 amide bonds. The van der Waals surface area contributed by atoms with Gasteiger partial charge in [-0.25, -0.2) is 0 Å². The highest BCUT2D eigenvalue weighted by Crippen LogP contribution is 2.50. The van der Waals surface area contributed by atoms with Gasteiger partial charge in [-0.3, -0.25) is 4.79 Å². The monoisotopic (exact) mass is 306 g/mol. The molecule has 1 aromatic carbocycles. The molecule has 114 valence electrons. The summed E-state index contributed by atoms with van der Waals surface area (Å²) < 4.78 is 0. The zero-order chi connectivity index (χ0) is 15.0. The minimum atomic E-state index is -0.219. The van der Waals surface area contributed by atoms with E-state index in [1.807, 2.05) is 12.1 Å². The summed E-state index contributed by atoms with van der Waals surface area (Å²) in [5.41, 5.74) is 1.03. The second-order valence-corrected chi connectivity index (χ2v) is 7.00. The van der Waals surface area contributed by atoms with Gasteiger partial charge in [-0.05, 0) is 57.5 Å². The van der Waals surface area contributed by atoms with Crippen molar-refractivity contribution in [1.29, 1.82) is 0 Å². The van der Waals surface area contributed by atoms with Crippen LogP contribution < -0.4 is 5.32 Å². The normalized spacial score (nSPS) is 25.0. The molecule has 2 fully saturated rings. The highest BCUT2D eigenvalue weighted by Gasteiger charge is 2.54. The highest BCUT2D eigenvalue weighted by atomic mass is 35.5. The number of benzene rings is 1. The predicted octanol–water partition coefficient (Wildman–Crippen LogP) is 3.04. The molecule has 0 aliphatic carbocycles. The summed E-state index contributed by atoms with van der Waals surface area (Å²) in [6, 6.07) is 8.32. The molecule has 1 aromatic rings. The second kappa shape index (κ2) is 5.62. The number of carbonyl (C=O) groups is 1. The SMILES string of the molecule is CC(C)N1CC(c2ccc(Cl)cc2)C2(CCNCC2)C1=O. The van der Waals surface area contributed by atoms with E-state index in [-0.39, 0.29) is 17.4 Å². The van der Waals surface area contributed by atoms with E-state index in [2.05, 4.69) is 36.2 Å². The van der Waals surface area contributed by atoms with Crippen LogP contribution in [0.2, 0.25) is 5.02 Å². The van der Waals surface area contributed by atoms with E-state index < -0.39 is 0 Å². The lowest BCUT2D eigenvalue weighted by Crippen LogP contribution is -2.45. The quantitative estimate of drug-likeness (QED) is 0.911. The summed E-state index contributed by atoms with van der Waals surface area (Å²) >= 11 is 6.02. The highest BCUT2D eigenvalue weighted by molar-refractivity contribution is 6.30. The van der Waals surface area contributed by atoms with Crippen LogP contribution in [0.1, 0.15) is 38.2 Å². The van der Waals surface area contributed by atoms with Crippen LogP contribution in [0, 0.1) is 5.41 Å².